The van der Waals surface area contributed by atoms with Gasteiger partial charge in [-0.2, -0.15) is 0 Å². The van der Waals surface area contributed by atoms with Crippen LogP contribution in [-0.2, 0) is 4.79 Å². The molecule has 0 bridgehead atoms. The van der Waals surface area contributed by atoms with Crippen molar-refractivity contribution in [1.29, 1.82) is 0 Å². The first-order chi connectivity index (χ1) is 11.5. The average Bonchev–Trinajstić information content (AvgIpc) is 2.91. The second-order valence-electron chi connectivity index (χ2n) is 6.05. The molecule has 1 amide bonds. The highest BCUT2D eigenvalue weighted by molar-refractivity contribution is 5.92. The molecular weight excluding hydrogens is 348 g/mol. The molecule has 1 saturated heterocycles. The Morgan fingerprint density at radius 2 is 1.88 bits per heavy atom. The Balaban J connectivity index is 0.00000225. The third-order valence-electron chi connectivity index (χ3n) is 4.24. The minimum atomic E-state index is -0.788. The zero-order chi connectivity index (χ0) is 17.1. The van der Waals surface area contributed by atoms with E-state index in [1.54, 1.807) is 0 Å². The van der Waals surface area contributed by atoms with E-state index < -0.39 is 11.6 Å². The number of halogens is 3. The summed E-state index contributed by atoms with van der Waals surface area (Å²) in [5.74, 6) is -1.65. The van der Waals surface area contributed by atoms with E-state index in [9.17, 15) is 13.6 Å². The number of benzene rings is 2. The number of rotatable bonds is 4. The minimum absolute atomic E-state index is 0. The fourth-order valence-corrected chi connectivity index (χ4v) is 3.08. The van der Waals surface area contributed by atoms with Gasteiger partial charge in [-0.25, -0.2) is 8.78 Å². The Labute approximate surface area is 151 Å². The Kier molecular flexibility index (Phi) is 6.47. The van der Waals surface area contributed by atoms with Crippen molar-refractivity contribution in [3.8, 4) is 0 Å². The number of nitrogens with zero attached hydrogens (tertiary/aromatic N) is 1. The number of likely N-dealkylation sites (tertiary alicyclic amines) is 1. The smallest absolute Gasteiger partial charge is 0.238 e. The lowest BCUT2D eigenvalue weighted by Gasteiger charge is -2.16. The molecule has 0 unspecified atom stereocenters. The number of hydrogen-bond acceptors (Lipinski definition) is 3. The lowest BCUT2D eigenvalue weighted by Crippen LogP contribution is -2.33. The molecule has 2 aromatic rings. The topological polar surface area (TPSA) is 58.4 Å². The molecule has 0 saturated carbocycles. The number of anilines is 1. The minimum Gasteiger partial charge on any atom is -0.326 e. The molecular formula is C18H20ClF2N3O. The molecule has 0 spiro atoms. The molecule has 25 heavy (non-hydrogen) atoms. The van der Waals surface area contributed by atoms with Gasteiger partial charge in [-0.05, 0) is 17.7 Å². The predicted molar refractivity (Wildman–Crippen MR) is 95.8 cm³/mol. The van der Waals surface area contributed by atoms with Gasteiger partial charge in [0.05, 0.1) is 12.2 Å². The highest BCUT2D eigenvalue weighted by Crippen LogP contribution is 2.26. The van der Waals surface area contributed by atoms with Gasteiger partial charge >= 0.3 is 0 Å². The fourth-order valence-electron chi connectivity index (χ4n) is 3.08. The van der Waals surface area contributed by atoms with Crippen LogP contribution in [0, 0.1) is 11.6 Å². The van der Waals surface area contributed by atoms with Crippen molar-refractivity contribution in [2.45, 2.75) is 12.0 Å². The highest BCUT2D eigenvalue weighted by Gasteiger charge is 2.32. The first-order valence-corrected chi connectivity index (χ1v) is 7.80. The van der Waals surface area contributed by atoms with E-state index in [1.165, 1.54) is 6.07 Å². The van der Waals surface area contributed by atoms with Gasteiger partial charge in [-0.15, -0.1) is 12.4 Å². The van der Waals surface area contributed by atoms with Crippen LogP contribution in [0.4, 0.5) is 14.5 Å². The molecule has 134 valence electrons. The third-order valence-corrected chi connectivity index (χ3v) is 4.24. The van der Waals surface area contributed by atoms with Crippen LogP contribution in [0.2, 0.25) is 0 Å². The number of hydrogen-bond donors (Lipinski definition) is 2. The van der Waals surface area contributed by atoms with Gasteiger partial charge in [-0.1, -0.05) is 30.3 Å². The Morgan fingerprint density at radius 1 is 1.16 bits per heavy atom. The summed E-state index contributed by atoms with van der Waals surface area (Å²) < 4.78 is 26.5. The second-order valence-corrected chi connectivity index (χ2v) is 6.05. The molecule has 4 nitrogen and oxygen atoms in total. The molecule has 2 aromatic carbocycles. The van der Waals surface area contributed by atoms with E-state index in [0.29, 0.717) is 13.1 Å². The standard InChI is InChI=1S/C18H19F2N3O.ClH/c19-13-6-7-17(15(20)8-13)22-18(24)11-23-9-14(16(21)10-23)12-4-2-1-3-5-12;/h1-8,14,16H,9-11,21H2,(H,22,24);1H/t14-,16+;/m0./s1. The molecule has 3 N–H and O–H groups in total. The van der Waals surface area contributed by atoms with Crippen molar-refractivity contribution in [1.82, 2.24) is 4.90 Å². The largest absolute Gasteiger partial charge is 0.326 e. The van der Waals surface area contributed by atoms with Gasteiger partial charge in [0.15, 0.2) is 0 Å². The van der Waals surface area contributed by atoms with Crippen LogP contribution in [0.5, 0.6) is 0 Å². The number of amides is 1. The van der Waals surface area contributed by atoms with Crippen LogP contribution in [0.1, 0.15) is 11.5 Å². The number of nitrogens with two attached hydrogens (primary N) is 1. The highest BCUT2D eigenvalue weighted by atomic mass is 35.5. The summed E-state index contributed by atoms with van der Waals surface area (Å²) in [5, 5.41) is 2.47. The van der Waals surface area contributed by atoms with Crippen LogP contribution >= 0.6 is 12.4 Å². The Bertz CT molecular complexity index is 730. The van der Waals surface area contributed by atoms with E-state index in [4.69, 9.17) is 5.73 Å². The maximum atomic E-state index is 13.6. The molecule has 1 fully saturated rings. The summed E-state index contributed by atoms with van der Waals surface area (Å²) in [4.78, 5) is 14.0. The predicted octanol–water partition coefficient (Wildman–Crippen LogP) is 2.75. The van der Waals surface area contributed by atoms with E-state index in [1.807, 2.05) is 35.2 Å². The van der Waals surface area contributed by atoms with Crippen molar-refractivity contribution in [3.63, 3.8) is 0 Å². The van der Waals surface area contributed by atoms with Gasteiger partial charge in [0.25, 0.3) is 0 Å². The van der Waals surface area contributed by atoms with E-state index >= 15 is 0 Å². The summed E-state index contributed by atoms with van der Waals surface area (Å²) in [5.41, 5.74) is 7.32. The van der Waals surface area contributed by atoms with Crippen molar-refractivity contribution < 1.29 is 13.6 Å². The number of carbonyl (C=O) groups excluding carboxylic acids is 1. The van der Waals surface area contributed by atoms with Gasteiger partial charge in [-0.3, -0.25) is 9.69 Å². The lowest BCUT2D eigenvalue weighted by molar-refractivity contribution is -0.117. The molecule has 0 aliphatic carbocycles. The summed E-state index contributed by atoms with van der Waals surface area (Å²) in [6, 6.07) is 13.0. The van der Waals surface area contributed by atoms with Crippen molar-refractivity contribution in [2.24, 2.45) is 5.73 Å². The number of carbonyl (C=O) groups is 1. The molecule has 1 aliphatic rings. The quantitative estimate of drug-likeness (QED) is 0.873. The molecule has 1 heterocycles. The van der Waals surface area contributed by atoms with Gasteiger partial charge in [0.2, 0.25) is 5.91 Å². The molecule has 7 heteroatoms. The van der Waals surface area contributed by atoms with Gasteiger partial charge in [0.1, 0.15) is 11.6 Å². The summed E-state index contributed by atoms with van der Waals surface area (Å²) in [6.45, 7) is 1.39. The van der Waals surface area contributed by atoms with Crippen molar-refractivity contribution in [3.05, 3.63) is 65.7 Å². The van der Waals surface area contributed by atoms with E-state index in [0.717, 1.165) is 17.7 Å². The average molecular weight is 368 g/mol. The molecule has 3 rings (SSSR count). The second kappa shape index (κ2) is 8.38. The lowest BCUT2D eigenvalue weighted by atomic mass is 9.95. The summed E-state index contributed by atoms with van der Waals surface area (Å²) in [7, 11) is 0. The first kappa shape index (κ1) is 19.3. The molecule has 2 atom stereocenters. The Hall–Kier alpha value is -2.02. The van der Waals surface area contributed by atoms with Crippen LogP contribution in [0.15, 0.2) is 48.5 Å². The zero-order valence-electron chi connectivity index (χ0n) is 13.5. The Morgan fingerprint density at radius 3 is 2.56 bits per heavy atom. The van der Waals surface area contributed by atoms with Gasteiger partial charge < -0.3 is 11.1 Å². The molecule has 0 aromatic heterocycles. The van der Waals surface area contributed by atoms with Crippen LogP contribution in [0.3, 0.4) is 0 Å². The zero-order valence-corrected chi connectivity index (χ0v) is 14.3. The normalized spacial score (nSPS) is 20.1. The maximum absolute atomic E-state index is 13.6. The summed E-state index contributed by atoms with van der Waals surface area (Å²) in [6.07, 6.45) is 0. The summed E-state index contributed by atoms with van der Waals surface area (Å²) >= 11 is 0. The van der Waals surface area contributed by atoms with Crippen molar-refractivity contribution in [2.75, 3.05) is 25.0 Å². The first-order valence-electron chi connectivity index (χ1n) is 7.80. The van der Waals surface area contributed by atoms with Crippen LogP contribution in [-0.4, -0.2) is 36.5 Å². The molecule has 0 radical (unpaired) electrons. The number of nitrogens with one attached hydrogen (secondary N) is 1. The maximum Gasteiger partial charge on any atom is 0.238 e. The molecule has 1 aliphatic heterocycles. The fraction of sp³-hybridized carbons (Fsp3) is 0.278. The van der Waals surface area contributed by atoms with Gasteiger partial charge in [0, 0.05) is 31.1 Å². The SMILES string of the molecule is Cl.N[C@@H]1CN(CC(=O)Nc2ccc(F)cc2F)C[C@H]1c1ccccc1. The van der Waals surface area contributed by atoms with Crippen LogP contribution < -0.4 is 11.1 Å². The van der Waals surface area contributed by atoms with Crippen LogP contribution in [0.25, 0.3) is 0 Å². The monoisotopic (exact) mass is 367 g/mol. The van der Waals surface area contributed by atoms with E-state index in [2.05, 4.69) is 5.32 Å². The third kappa shape index (κ3) is 4.75. The van der Waals surface area contributed by atoms with Crippen molar-refractivity contribution >= 4 is 24.0 Å². The van der Waals surface area contributed by atoms with E-state index in [-0.39, 0.29) is 42.5 Å².